The van der Waals surface area contributed by atoms with Gasteiger partial charge in [0.05, 0.1) is 0 Å². The van der Waals surface area contributed by atoms with E-state index in [0.29, 0.717) is 31.4 Å². The first-order valence-electron chi connectivity index (χ1n) is 8.29. The highest BCUT2D eigenvalue weighted by atomic mass is 19.1. The Morgan fingerprint density at radius 3 is 2.74 bits per heavy atom. The van der Waals surface area contributed by atoms with Crippen LogP contribution in [-0.2, 0) is 16.0 Å². The van der Waals surface area contributed by atoms with Crippen molar-refractivity contribution in [1.82, 2.24) is 10.2 Å². The molecule has 2 amide bonds. The number of likely N-dealkylation sites (tertiary alicyclic amines) is 1. The third-order valence-electron chi connectivity index (χ3n) is 4.31. The summed E-state index contributed by atoms with van der Waals surface area (Å²) in [6.07, 6.45) is 2.65. The number of carbonyl (C=O) groups excluding carboxylic acids is 2. The molecule has 0 saturated carbocycles. The molecule has 0 aromatic heterocycles. The maximum Gasteiger partial charge on any atom is 0.223 e. The molecule has 1 aromatic carbocycles. The molecular weight excluding hydrogens is 295 g/mol. The maximum atomic E-state index is 13.6. The second-order valence-electron chi connectivity index (χ2n) is 6.38. The molecule has 4 nitrogen and oxygen atoms in total. The van der Waals surface area contributed by atoms with Crippen molar-refractivity contribution in [3.63, 3.8) is 0 Å². The van der Waals surface area contributed by atoms with Crippen molar-refractivity contribution in [1.29, 1.82) is 0 Å². The third-order valence-corrected chi connectivity index (χ3v) is 4.31. The molecule has 1 heterocycles. The van der Waals surface area contributed by atoms with Gasteiger partial charge in [0.2, 0.25) is 11.8 Å². The van der Waals surface area contributed by atoms with Crippen molar-refractivity contribution < 1.29 is 14.0 Å². The Morgan fingerprint density at radius 2 is 2.09 bits per heavy atom. The number of amides is 2. The fourth-order valence-corrected chi connectivity index (χ4v) is 2.86. The van der Waals surface area contributed by atoms with Gasteiger partial charge < -0.3 is 10.2 Å². The van der Waals surface area contributed by atoms with Gasteiger partial charge in [0, 0.05) is 31.5 Å². The van der Waals surface area contributed by atoms with Crippen molar-refractivity contribution in [3.8, 4) is 0 Å². The monoisotopic (exact) mass is 320 g/mol. The Kier molecular flexibility index (Phi) is 6.13. The number of nitrogens with one attached hydrogen (secondary N) is 1. The molecule has 2 rings (SSSR count). The van der Waals surface area contributed by atoms with Gasteiger partial charge in [-0.25, -0.2) is 4.39 Å². The predicted octanol–water partition coefficient (Wildman–Crippen LogP) is 2.52. The van der Waals surface area contributed by atoms with Gasteiger partial charge in [-0.1, -0.05) is 25.1 Å². The zero-order valence-corrected chi connectivity index (χ0v) is 13.8. The zero-order chi connectivity index (χ0) is 16.8. The first-order valence-corrected chi connectivity index (χ1v) is 8.29. The molecule has 0 bridgehead atoms. The number of halogens is 1. The summed E-state index contributed by atoms with van der Waals surface area (Å²) in [5.41, 5.74) is 0.642. The van der Waals surface area contributed by atoms with Crippen LogP contribution in [0.1, 0.15) is 38.7 Å². The molecule has 1 saturated heterocycles. The number of aryl methyl sites for hydroxylation is 1. The van der Waals surface area contributed by atoms with Crippen molar-refractivity contribution >= 4 is 11.8 Å². The lowest BCUT2D eigenvalue weighted by Crippen LogP contribution is -2.44. The number of carbonyl (C=O) groups is 2. The molecule has 2 atom stereocenters. The van der Waals surface area contributed by atoms with Crippen LogP contribution in [0.2, 0.25) is 0 Å². The third kappa shape index (κ3) is 5.05. The molecule has 1 aromatic rings. The summed E-state index contributed by atoms with van der Waals surface area (Å²) >= 11 is 0. The Balaban J connectivity index is 1.76. The highest BCUT2D eigenvalue weighted by Gasteiger charge is 2.23. The van der Waals surface area contributed by atoms with Crippen LogP contribution >= 0.6 is 0 Å². The van der Waals surface area contributed by atoms with Gasteiger partial charge in [0.1, 0.15) is 5.82 Å². The smallest absolute Gasteiger partial charge is 0.223 e. The van der Waals surface area contributed by atoms with E-state index in [1.54, 1.807) is 23.1 Å². The van der Waals surface area contributed by atoms with Crippen LogP contribution in [0.5, 0.6) is 0 Å². The second kappa shape index (κ2) is 8.09. The number of nitrogens with zero attached hydrogens (tertiary/aromatic N) is 1. The first-order chi connectivity index (χ1) is 11.0. The predicted molar refractivity (Wildman–Crippen MR) is 87.3 cm³/mol. The van der Waals surface area contributed by atoms with Crippen molar-refractivity contribution in [3.05, 3.63) is 35.6 Å². The average molecular weight is 320 g/mol. The summed E-state index contributed by atoms with van der Waals surface area (Å²) in [7, 11) is 0. The lowest BCUT2D eigenvalue weighted by molar-refractivity contribution is -0.129. The van der Waals surface area contributed by atoms with Gasteiger partial charge in [-0.15, -0.1) is 0 Å². The molecule has 1 aliphatic rings. The minimum Gasteiger partial charge on any atom is -0.352 e. The minimum atomic E-state index is -0.221. The fourth-order valence-electron chi connectivity index (χ4n) is 2.86. The van der Waals surface area contributed by atoms with Crippen LogP contribution in [0.4, 0.5) is 4.39 Å². The molecule has 1 aliphatic heterocycles. The van der Waals surface area contributed by atoms with E-state index >= 15 is 0 Å². The first kappa shape index (κ1) is 17.4. The number of hydrogen-bond acceptors (Lipinski definition) is 2. The standard InChI is InChI=1S/C18H25FN2O2/c1-13(9-10-15-6-3-4-7-16(15)19)18(23)20-14(2)12-21-11-5-8-17(21)22/h3-4,6-7,13-14H,5,8-12H2,1-2H3,(H,20,23)/t13-,14+/m0/s1. The molecule has 23 heavy (non-hydrogen) atoms. The Morgan fingerprint density at radius 1 is 1.35 bits per heavy atom. The van der Waals surface area contributed by atoms with Crippen LogP contribution in [-0.4, -0.2) is 35.8 Å². The number of rotatable bonds is 7. The summed E-state index contributed by atoms with van der Waals surface area (Å²) < 4.78 is 13.6. The largest absolute Gasteiger partial charge is 0.352 e. The molecule has 0 unspecified atom stereocenters. The van der Waals surface area contributed by atoms with Crippen LogP contribution in [0, 0.1) is 11.7 Å². The van der Waals surface area contributed by atoms with E-state index in [0.717, 1.165) is 13.0 Å². The molecule has 5 heteroatoms. The van der Waals surface area contributed by atoms with E-state index in [2.05, 4.69) is 5.32 Å². The summed E-state index contributed by atoms with van der Waals surface area (Å²) in [4.78, 5) is 25.6. The summed E-state index contributed by atoms with van der Waals surface area (Å²) in [5.74, 6) is -0.286. The van der Waals surface area contributed by atoms with E-state index in [-0.39, 0.29) is 29.6 Å². The lowest BCUT2D eigenvalue weighted by Gasteiger charge is -2.23. The highest BCUT2D eigenvalue weighted by molar-refractivity contribution is 5.79. The molecular formula is C18H25FN2O2. The van der Waals surface area contributed by atoms with E-state index in [4.69, 9.17) is 0 Å². The Hall–Kier alpha value is -1.91. The summed E-state index contributed by atoms with van der Waals surface area (Å²) in [6.45, 7) is 5.10. The molecule has 1 N–H and O–H groups in total. The van der Waals surface area contributed by atoms with Gasteiger partial charge in [-0.3, -0.25) is 9.59 Å². The van der Waals surface area contributed by atoms with Gasteiger partial charge in [0.15, 0.2) is 0 Å². The number of benzene rings is 1. The van der Waals surface area contributed by atoms with E-state index < -0.39 is 0 Å². The van der Waals surface area contributed by atoms with Crippen molar-refractivity contribution in [2.75, 3.05) is 13.1 Å². The summed E-state index contributed by atoms with van der Waals surface area (Å²) in [6, 6.07) is 6.59. The van der Waals surface area contributed by atoms with Crippen molar-refractivity contribution in [2.45, 2.75) is 45.6 Å². The summed E-state index contributed by atoms with van der Waals surface area (Å²) in [5, 5.41) is 2.95. The van der Waals surface area contributed by atoms with Gasteiger partial charge in [0.25, 0.3) is 0 Å². The lowest BCUT2D eigenvalue weighted by atomic mass is 10.00. The average Bonchev–Trinajstić information content (AvgIpc) is 2.91. The zero-order valence-electron chi connectivity index (χ0n) is 13.8. The fraction of sp³-hybridized carbons (Fsp3) is 0.556. The quantitative estimate of drug-likeness (QED) is 0.839. The molecule has 126 valence electrons. The maximum absolute atomic E-state index is 13.6. The van der Waals surface area contributed by atoms with Gasteiger partial charge in [-0.2, -0.15) is 0 Å². The molecule has 0 aliphatic carbocycles. The Bertz CT molecular complexity index is 562. The minimum absolute atomic E-state index is 0.0412. The van der Waals surface area contributed by atoms with Crippen molar-refractivity contribution in [2.24, 2.45) is 5.92 Å². The highest BCUT2D eigenvalue weighted by Crippen LogP contribution is 2.14. The Labute approximate surface area is 137 Å². The van der Waals surface area contributed by atoms with E-state index in [1.165, 1.54) is 6.07 Å². The SMILES string of the molecule is C[C@H](CN1CCCC1=O)NC(=O)[C@@H](C)CCc1ccccc1F. The van der Waals surface area contributed by atoms with Crippen LogP contribution in [0.15, 0.2) is 24.3 Å². The van der Waals surface area contributed by atoms with E-state index in [9.17, 15) is 14.0 Å². The van der Waals surface area contributed by atoms with E-state index in [1.807, 2.05) is 13.8 Å². The van der Waals surface area contributed by atoms with Crippen LogP contribution in [0.25, 0.3) is 0 Å². The van der Waals surface area contributed by atoms with Crippen LogP contribution < -0.4 is 5.32 Å². The van der Waals surface area contributed by atoms with Gasteiger partial charge in [-0.05, 0) is 37.8 Å². The van der Waals surface area contributed by atoms with Gasteiger partial charge >= 0.3 is 0 Å². The molecule has 0 radical (unpaired) electrons. The number of hydrogen-bond donors (Lipinski definition) is 1. The molecule has 0 spiro atoms. The second-order valence-corrected chi connectivity index (χ2v) is 6.38. The molecule has 1 fully saturated rings. The topological polar surface area (TPSA) is 49.4 Å². The van der Waals surface area contributed by atoms with Crippen LogP contribution in [0.3, 0.4) is 0 Å². The normalized spacial score (nSPS) is 17.2.